The molecule has 2 aliphatic rings. The minimum absolute atomic E-state index is 0.0959. The van der Waals surface area contributed by atoms with E-state index in [1.165, 1.54) is 21.7 Å². The molecule has 0 radical (unpaired) electrons. The summed E-state index contributed by atoms with van der Waals surface area (Å²) in [6, 6.07) is 7.50. The molecule has 0 spiro atoms. The van der Waals surface area contributed by atoms with E-state index in [9.17, 15) is 13.2 Å². The maximum Gasteiger partial charge on any atom is 0.262 e. The average molecular weight is 450 g/mol. The lowest BCUT2D eigenvalue weighted by Crippen LogP contribution is -2.43. The largest absolute Gasteiger partial charge is 0.497 e. The number of nitrogens with one attached hydrogen (secondary N) is 2. The van der Waals surface area contributed by atoms with Crippen molar-refractivity contribution >= 4 is 27.3 Å². The third kappa shape index (κ3) is 4.39. The topological polar surface area (TPSA) is 87.7 Å². The van der Waals surface area contributed by atoms with Crippen LogP contribution in [0.4, 0.5) is 0 Å². The predicted octanol–water partition coefficient (Wildman–Crippen LogP) is 2.38. The lowest BCUT2D eigenvalue weighted by atomic mass is 10.0. The number of carbonyl (C=O) groups is 1. The van der Waals surface area contributed by atoms with Crippen LogP contribution < -0.4 is 15.4 Å². The highest BCUT2D eigenvalue weighted by Gasteiger charge is 2.32. The highest BCUT2D eigenvalue weighted by atomic mass is 32.2. The number of amides is 1. The summed E-state index contributed by atoms with van der Waals surface area (Å²) in [6.45, 7) is 2.15. The molecular formula is C21H27N3O4S2. The number of thiophene rings is 1. The number of rotatable bonds is 6. The number of methoxy groups -OCH3 is 1. The van der Waals surface area contributed by atoms with Gasteiger partial charge < -0.3 is 15.4 Å². The van der Waals surface area contributed by atoms with Crippen molar-refractivity contribution in [3.8, 4) is 5.75 Å². The van der Waals surface area contributed by atoms with Gasteiger partial charge in [-0.25, -0.2) is 8.42 Å². The number of carbonyl (C=O) groups excluding carboxylic acids is 1. The van der Waals surface area contributed by atoms with Gasteiger partial charge in [-0.15, -0.1) is 11.3 Å². The highest BCUT2D eigenvalue weighted by molar-refractivity contribution is 7.89. The molecule has 30 heavy (non-hydrogen) atoms. The fourth-order valence-corrected chi connectivity index (χ4v) is 6.77. The molecule has 4 rings (SSSR count). The molecule has 1 saturated heterocycles. The third-order valence-electron chi connectivity index (χ3n) is 5.77. The standard InChI is InChI=1S/C21H27N3O4S2/c1-28-18-6-5-16-14-24(10-7-15(16)12-18)30(26,27)19-8-11-29-20(19)21(25)23-13-17-4-2-3-9-22-17/h5-6,8,11-12,17,22H,2-4,7,9-10,13-14H2,1H3,(H,23,25)/t17-/m1/s1. The van der Waals surface area contributed by atoms with E-state index in [2.05, 4.69) is 10.6 Å². The van der Waals surface area contributed by atoms with Gasteiger partial charge in [0.2, 0.25) is 10.0 Å². The van der Waals surface area contributed by atoms with E-state index in [0.29, 0.717) is 26.1 Å². The molecule has 3 heterocycles. The lowest BCUT2D eigenvalue weighted by Gasteiger charge is -2.28. The highest BCUT2D eigenvalue weighted by Crippen LogP contribution is 2.30. The van der Waals surface area contributed by atoms with E-state index in [1.54, 1.807) is 12.5 Å². The monoisotopic (exact) mass is 449 g/mol. The molecule has 1 amide bonds. The summed E-state index contributed by atoms with van der Waals surface area (Å²) in [5, 5.41) is 7.97. The van der Waals surface area contributed by atoms with Crippen molar-refractivity contribution in [2.45, 2.75) is 43.2 Å². The second-order valence-electron chi connectivity index (χ2n) is 7.69. The molecule has 1 aromatic heterocycles. The smallest absolute Gasteiger partial charge is 0.262 e. The van der Waals surface area contributed by atoms with Crippen LogP contribution in [0.2, 0.25) is 0 Å². The Hall–Kier alpha value is -1.94. The van der Waals surface area contributed by atoms with Gasteiger partial charge in [0.05, 0.1) is 7.11 Å². The summed E-state index contributed by atoms with van der Waals surface area (Å²) in [5.74, 6) is 0.451. The summed E-state index contributed by atoms with van der Waals surface area (Å²) < 4.78 is 33.4. The molecule has 0 unspecified atom stereocenters. The SMILES string of the molecule is COc1ccc2c(c1)CCN(S(=O)(=O)c1ccsc1C(=O)NC[C@H]1CCCCN1)C2. The number of fused-ring (bicyclic) bond motifs is 1. The molecule has 1 atom stereocenters. The first-order valence-corrected chi connectivity index (χ1v) is 12.6. The fourth-order valence-electron chi connectivity index (χ4n) is 4.04. The predicted molar refractivity (Wildman–Crippen MR) is 117 cm³/mol. The van der Waals surface area contributed by atoms with Crippen molar-refractivity contribution in [1.29, 1.82) is 0 Å². The first-order chi connectivity index (χ1) is 14.5. The maximum atomic E-state index is 13.3. The number of sulfonamides is 1. The second-order valence-corrected chi connectivity index (χ2v) is 10.5. The maximum absolute atomic E-state index is 13.3. The van der Waals surface area contributed by atoms with Gasteiger partial charge >= 0.3 is 0 Å². The molecule has 2 aromatic rings. The van der Waals surface area contributed by atoms with Crippen LogP contribution in [0, 0.1) is 0 Å². The zero-order valence-electron chi connectivity index (χ0n) is 17.0. The van der Waals surface area contributed by atoms with Crippen molar-refractivity contribution in [1.82, 2.24) is 14.9 Å². The summed E-state index contributed by atoms with van der Waals surface area (Å²) in [7, 11) is -2.14. The molecular weight excluding hydrogens is 422 g/mol. The molecule has 2 N–H and O–H groups in total. The van der Waals surface area contributed by atoms with Crippen molar-refractivity contribution in [3.63, 3.8) is 0 Å². The lowest BCUT2D eigenvalue weighted by molar-refractivity contribution is 0.0948. The molecule has 1 fully saturated rings. The number of benzene rings is 1. The molecule has 162 valence electrons. The Balaban J connectivity index is 1.48. The molecule has 0 saturated carbocycles. The van der Waals surface area contributed by atoms with Gasteiger partial charge in [0, 0.05) is 25.7 Å². The van der Waals surface area contributed by atoms with Gasteiger partial charge in [0.25, 0.3) is 5.91 Å². The Morgan fingerprint density at radius 3 is 2.93 bits per heavy atom. The van der Waals surface area contributed by atoms with Crippen molar-refractivity contribution in [2.24, 2.45) is 0 Å². The van der Waals surface area contributed by atoms with Crippen LogP contribution in [0.3, 0.4) is 0 Å². The summed E-state index contributed by atoms with van der Waals surface area (Å²) >= 11 is 1.17. The zero-order chi connectivity index (χ0) is 21.1. The Labute approximate surface area is 181 Å². The third-order valence-corrected chi connectivity index (χ3v) is 8.70. The zero-order valence-corrected chi connectivity index (χ0v) is 18.7. The van der Waals surface area contributed by atoms with E-state index in [4.69, 9.17) is 4.74 Å². The molecule has 9 heteroatoms. The summed E-state index contributed by atoms with van der Waals surface area (Å²) in [6.07, 6.45) is 3.94. The quantitative estimate of drug-likeness (QED) is 0.707. The van der Waals surface area contributed by atoms with Crippen LogP contribution in [0.25, 0.3) is 0 Å². The number of piperidine rings is 1. The summed E-state index contributed by atoms with van der Waals surface area (Å²) in [4.78, 5) is 13.1. The van der Waals surface area contributed by atoms with Crippen LogP contribution >= 0.6 is 11.3 Å². The van der Waals surface area contributed by atoms with E-state index >= 15 is 0 Å². The van der Waals surface area contributed by atoms with E-state index in [1.807, 2.05) is 18.2 Å². The van der Waals surface area contributed by atoms with Crippen molar-refractivity contribution in [3.05, 3.63) is 45.6 Å². The number of hydrogen-bond donors (Lipinski definition) is 2. The van der Waals surface area contributed by atoms with Crippen LogP contribution in [0.15, 0.2) is 34.5 Å². The minimum Gasteiger partial charge on any atom is -0.497 e. The van der Waals surface area contributed by atoms with Gasteiger partial charge in [0.15, 0.2) is 0 Å². The Bertz CT molecular complexity index is 1010. The van der Waals surface area contributed by atoms with Crippen LogP contribution in [-0.4, -0.2) is 51.4 Å². The Kier molecular flexibility index (Phi) is 6.43. The van der Waals surface area contributed by atoms with E-state index in [-0.39, 0.29) is 21.7 Å². The summed E-state index contributed by atoms with van der Waals surface area (Å²) in [5.41, 5.74) is 2.07. The number of hydrogen-bond acceptors (Lipinski definition) is 6. The van der Waals surface area contributed by atoms with E-state index in [0.717, 1.165) is 42.7 Å². The van der Waals surface area contributed by atoms with E-state index < -0.39 is 10.0 Å². The van der Waals surface area contributed by atoms with Gasteiger partial charge in [-0.2, -0.15) is 4.31 Å². The van der Waals surface area contributed by atoms with Gasteiger partial charge in [0.1, 0.15) is 15.5 Å². The van der Waals surface area contributed by atoms with Gasteiger partial charge in [-0.1, -0.05) is 12.5 Å². The first-order valence-electron chi connectivity index (χ1n) is 10.2. The minimum atomic E-state index is -3.76. The fraction of sp³-hybridized carbons (Fsp3) is 0.476. The molecule has 2 aliphatic heterocycles. The van der Waals surface area contributed by atoms with Gasteiger partial charge in [-0.3, -0.25) is 4.79 Å². The van der Waals surface area contributed by atoms with Crippen LogP contribution in [0.1, 0.15) is 40.1 Å². The molecule has 1 aromatic carbocycles. The first kappa shape index (κ1) is 21.3. The molecule has 7 nitrogen and oxygen atoms in total. The second kappa shape index (κ2) is 9.05. The molecule has 0 bridgehead atoms. The average Bonchev–Trinajstić information content (AvgIpc) is 3.28. The Morgan fingerprint density at radius 2 is 2.17 bits per heavy atom. The number of nitrogens with zero attached hydrogens (tertiary/aromatic N) is 1. The van der Waals surface area contributed by atoms with Crippen LogP contribution in [-0.2, 0) is 23.0 Å². The normalized spacial score (nSPS) is 19.8. The van der Waals surface area contributed by atoms with Crippen molar-refractivity contribution < 1.29 is 17.9 Å². The van der Waals surface area contributed by atoms with Crippen molar-refractivity contribution in [2.75, 3.05) is 26.7 Å². The van der Waals surface area contributed by atoms with Crippen LogP contribution in [0.5, 0.6) is 5.75 Å². The Morgan fingerprint density at radius 1 is 1.30 bits per heavy atom. The molecule has 0 aliphatic carbocycles. The van der Waals surface area contributed by atoms with Gasteiger partial charge in [-0.05, 0) is 60.5 Å². The number of ether oxygens (including phenoxy) is 1.